The second-order valence-corrected chi connectivity index (χ2v) is 7.29. The summed E-state index contributed by atoms with van der Waals surface area (Å²) in [6.07, 6.45) is 1.46. The number of carbonyl (C=O) groups is 1. The van der Waals surface area contributed by atoms with Crippen LogP contribution in [0.4, 0.5) is 4.39 Å². The van der Waals surface area contributed by atoms with Crippen molar-refractivity contribution >= 4 is 23.7 Å². The number of nitrogens with one attached hydrogen (secondary N) is 1. The Bertz CT molecular complexity index is 1120. The highest BCUT2D eigenvalue weighted by molar-refractivity contribution is 6.31. The summed E-state index contributed by atoms with van der Waals surface area (Å²) in [5.41, 5.74) is 3.33. The van der Waals surface area contributed by atoms with E-state index >= 15 is 0 Å². The fourth-order valence-corrected chi connectivity index (χ4v) is 3.06. The van der Waals surface area contributed by atoms with Crippen molar-refractivity contribution in [1.82, 2.24) is 5.43 Å². The molecule has 0 spiro atoms. The first-order valence-electron chi connectivity index (χ1n) is 10.4. The summed E-state index contributed by atoms with van der Waals surface area (Å²) in [6.45, 7) is 1.99. The molecule has 0 aliphatic heterocycles. The molecule has 0 fully saturated rings. The molecule has 0 bridgehead atoms. The van der Waals surface area contributed by atoms with Gasteiger partial charge in [-0.25, -0.2) is 9.82 Å². The number of carbonyl (C=O) groups excluding carboxylic acids is 1. The number of nitrogens with zero attached hydrogens (tertiary/aromatic N) is 1. The quantitative estimate of drug-likeness (QED) is 0.305. The third kappa shape index (κ3) is 7.11. The minimum Gasteiger partial charge on any atom is -0.497 e. The van der Waals surface area contributed by atoms with Crippen molar-refractivity contribution in [1.29, 1.82) is 0 Å². The number of amides is 1. The Morgan fingerprint density at radius 1 is 1.03 bits per heavy atom. The number of methoxy groups -OCH3 is 1. The zero-order valence-electron chi connectivity index (χ0n) is 18.7. The first kappa shape index (κ1) is 24.9. The van der Waals surface area contributed by atoms with E-state index in [1.54, 1.807) is 55.6 Å². The fraction of sp³-hybridized carbons (Fsp3) is 0.200. The predicted octanol–water partition coefficient (Wildman–Crippen LogP) is 4.99. The van der Waals surface area contributed by atoms with Crippen LogP contribution >= 0.6 is 11.6 Å². The van der Waals surface area contributed by atoms with E-state index < -0.39 is 11.7 Å². The van der Waals surface area contributed by atoms with E-state index in [0.717, 1.165) is 0 Å². The number of hydrazone groups is 1. The summed E-state index contributed by atoms with van der Waals surface area (Å²) < 4.78 is 35.8. The Hall–Kier alpha value is -3.78. The molecule has 1 amide bonds. The monoisotopic (exact) mass is 486 g/mol. The molecule has 0 saturated heterocycles. The zero-order valence-corrected chi connectivity index (χ0v) is 19.5. The number of hydrogen-bond donors (Lipinski definition) is 1. The van der Waals surface area contributed by atoms with Gasteiger partial charge < -0.3 is 18.9 Å². The highest BCUT2D eigenvalue weighted by Gasteiger charge is 2.11. The van der Waals surface area contributed by atoms with Crippen LogP contribution in [0, 0.1) is 5.82 Å². The van der Waals surface area contributed by atoms with Gasteiger partial charge in [-0.15, -0.1) is 0 Å². The average Bonchev–Trinajstić information content (AvgIpc) is 2.84. The van der Waals surface area contributed by atoms with Gasteiger partial charge in [0.25, 0.3) is 5.91 Å². The van der Waals surface area contributed by atoms with Crippen LogP contribution in [-0.4, -0.2) is 32.4 Å². The van der Waals surface area contributed by atoms with Crippen molar-refractivity contribution < 1.29 is 28.1 Å². The molecular formula is C25H24ClFN2O5. The van der Waals surface area contributed by atoms with E-state index in [1.165, 1.54) is 18.3 Å². The lowest BCUT2D eigenvalue weighted by atomic mass is 10.2. The highest BCUT2D eigenvalue weighted by Crippen LogP contribution is 2.30. The average molecular weight is 487 g/mol. The SMILES string of the molecule is CCOc1cc(/C=N\NC(=O)COc2ccc(OC)cc2)ccc1OCc1c(F)cccc1Cl. The predicted molar refractivity (Wildman–Crippen MR) is 128 cm³/mol. The van der Waals surface area contributed by atoms with Gasteiger partial charge in [-0.3, -0.25) is 4.79 Å². The van der Waals surface area contributed by atoms with Gasteiger partial charge in [-0.05, 0) is 67.1 Å². The molecule has 34 heavy (non-hydrogen) atoms. The summed E-state index contributed by atoms with van der Waals surface area (Å²) in [5, 5.41) is 4.23. The Morgan fingerprint density at radius 2 is 1.79 bits per heavy atom. The molecule has 0 aliphatic rings. The molecule has 3 aromatic carbocycles. The van der Waals surface area contributed by atoms with Crippen molar-refractivity contribution in [3.8, 4) is 23.0 Å². The second-order valence-electron chi connectivity index (χ2n) is 6.89. The Morgan fingerprint density at radius 3 is 2.50 bits per heavy atom. The maximum absolute atomic E-state index is 14.0. The van der Waals surface area contributed by atoms with Crippen LogP contribution < -0.4 is 24.4 Å². The van der Waals surface area contributed by atoms with E-state index in [-0.39, 0.29) is 23.8 Å². The molecule has 0 radical (unpaired) electrons. The lowest BCUT2D eigenvalue weighted by Gasteiger charge is -2.13. The minimum atomic E-state index is -0.444. The summed E-state index contributed by atoms with van der Waals surface area (Å²) in [5.74, 6) is 1.25. The molecule has 3 aromatic rings. The topological polar surface area (TPSA) is 78.4 Å². The largest absolute Gasteiger partial charge is 0.497 e. The standard InChI is InChI=1S/C25H24ClFN2O5/c1-3-32-24-13-17(7-12-23(24)34-15-20-21(26)5-4-6-22(20)27)14-28-29-25(30)16-33-19-10-8-18(31-2)9-11-19/h4-14H,3,15-16H2,1-2H3,(H,29,30)/b28-14-. The van der Waals surface area contributed by atoms with Gasteiger partial charge >= 0.3 is 0 Å². The summed E-state index contributed by atoms with van der Waals surface area (Å²) in [4.78, 5) is 12.0. The van der Waals surface area contributed by atoms with E-state index in [2.05, 4.69) is 10.5 Å². The summed E-state index contributed by atoms with van der Waals surface area (Å²) >= 11 is 6.06. The van der Waals surface area contributed by atoms with Crippen LogP contribution in [0.3, 0.4) is 0 Å². The summed E-state index contributed by atoms with van der Waals surface area (Å²) in [7, 11) is 1.57. The molecule has 178 valence electrons. The maximum Gasteiger partial charge on any atom is 0.277 e. The van der Waals surface area contributed by atoms with Crippen molar-refractivity contribution in [2.75, 3.05) is 20.3 Å². The van der Waals surface area contributed by atoms with Gasteiger partial charge in [0.1, 0.15) is 23.9 Å². The first-order chi connectivity index (χ1) is 16.5. The van der Waals surface area contributed by atoms with E-state index in [9.17, 15) is 9.18 Å². The van der Waals surface area contributed by atoms with E-state index in [4.69, 9.17) is 30.5 Å². The molecule has 0 aromatic heterocycles. The number of hydrogen-bond acceptors (Lipinski definition) is 6. The molecule has 9 heteroatoms. The number of benzene rings is 3. The molecule has 0 atom stereocenters. The molecule has 0 aliphatic carbocycles. The van der Waals surface area contributed by atoms with Gasteiger partial charge in [-0.1, -0.05) is 17.7 Å². The van der Waals surface area contributed by atoms with Gasteiger partial charge in [-0.2, -0.15) is 5.10 Å². The van der Waals surface area contributed by atoms with Crippen LogP contribution in [0.25, 0.3) is 0 Å². The van der Waals surface area contributed by atoms with Crippen molar-refractivity contribution in [2.45, 2.75) is 13.5 Å². The third-order valence-electron chi connectivity index (χ3n) is 4.53. The third-order valence-corrected chi connectivity index (χ3v) is 4.89. The molecule has 3 rings (SSSR count). The van der Waals surface area contributed by atoms with Gasteiger partial charge in [0.15, 0.2) is 18.1 Å². The Labute approximate surface area is 202 Å². The van der Waals surface area contributed by atoms with E-state index in [1.807, 2.05) is 6.92 Å². The second kappa shape index (κ2) is 12.5. The number of rotatable bonds is 11. The minimum absolute atomic E-state index is 0.0523. The van der Waals surface area contributed by atoms with Crippen LogP contribution in [0.5, 0.6) is 23.0 Å². The number of ether oxygens (including phenoxy) is 4. The molecule has 0 unspecified atom stereocenters. The zero-order chi connectivity index (χ0) is 24.3. The highest BCUT2D eigenvalue weighted by atomic mass is 35.5. The lowest BCUT2D eigenvalue weighted by molar-refractivity contribution is -0.123. The van der Waals surface area contributed by atoms with Crippen molar-refractivity contribution in [3.05, 3.63) is 82.6 Å². The van der Waals surface area contributed by atoms with Gasteiger partial charge in [0.2, 0.25) is 0 Å². The maximum atomic E-state index is 14.0. The molecular weight excluding hydrogens is 463 g/mol. The first-order valence-corrected chi connectivity index (χ1v) is 10.8. The fourth-order valence-electron chi connectivity index (χ4n) is 2.84. The summed E-state index contributed by atoms with van der Waals surface area (Å²) in [6, 6.07) is 16.4. The molecule has 0 saturated carbocycles. The van der Waals surface area contributed by atoms with Crippen molar-refractivity contribution in [2.24, 2.45) is 5.10 Å². The van der Waals surface area contributed by atoms with Crippen molar-refractivity contribution in [3.63, 3.8) is 0 Å². The number of halogens is 2. The van der Waals surface area contributed by atoms with Crippen LogP contribution in [-0.2, 0) is 11.4 Å². The van der Waals surface area contributed by atoms with Crippen LogP contribution in [0.15, 0.2) is 65.8 Å². The molecule has 7 nitrogen and oxygen atoms in total. The van der Waals surface area contributed by atoms with Gasteiger partial charge in [0, 0.05) is 5.56 Å². The van der Waals surface area contributed by atoms with Gasteiger partial charge in [0.05, 0.1) is 25.0 Å². The molecule has 0 heterocycles. The van der Waals surface area contributed by atoms with Crippen LogP contribution in [0.2, 0.25) is 5.02 Å². The normalized spacial score (nSPS) is 10.7. The molecule has 1 N–H and O–H groups in total. The Kier molecular flexibility index (Phi) is 9.11. The van der Waals surface area contributed by atoms with E-state index in [0.29, 0.717) is 35.2 Å². The lowest BCUT2D eigenvalue weighted by Crippen LogP contribution is -2.24. The Balaban J connectivity index is 1.56. The smallest absolute Gasteiger partial charge is 0.277 e. The van der Waals surface area contributed by atoms with Crippen LogP contribution in [0.1, 0.15) is 18.1 Å².